The number of aromatic amines is 1. The average Bonchev–Trinajstić information content (AvgIpc) is 2.78. The minimum absolute atomic E-state index is 0.0533. The van der Waals surface area contributed by atoms with Crippen LogP contribution in [-0.4, -0.2) is 21.8 Å². The molecule has 3 aromatic carbocycles. The fraction of sp³-hybridized carbons (Fsp3) is 0.0833. The van der Waals surface area contributed by atoms with E-state index < -0.39 is 23.3 Å². The van der Waals surface area contributed by atoms with Crippen LogP contribution >= 0.6 is 11.6 Å². The zero-order chi connectivity index (χ0) is 22.9. The molecule has 1 atom stereocenters. The molecule has 2 amide bonds. The molecule has 1 aliphatic rings. The number of rotatable bonds is 4. The third kappa shape index (κ3) is 4.16. The molecule has 8 nitrogen and oxygen atoms in total. The molecule has 33 heavy (non-hydrogen) atoms. The zero-order valence-electron chi connectivity index (χ0n) is 17.2. The van der Waals surface area contributed by atoms with Crippen LogP contribution in [0.4, 0.5) is 23.1 Å². The van der Waals surface area contributed by atoms with Crippen LogP contribution in [0.1, 0.15) is 17.9 Å². The highest BCUT2D eigenvalue weighted by Gasteiger charge is 2.35. The fourth-order valence-electron chi connectivity index (χ4n) is 3.91. The third-order valence-electron chi connectivity index (χ3n) is 5.40. The van der Waals surface area contributed by atoms with Crippen molar-refractivity contribution in [3.8, 4) is 0 Å². The van der Waals surface area contributed by atoms with Crippen molar-refractivity contribution in [2.24, 2.45) is 0 Å². The molecule has 4 aromatic rings. The van der Waals surface area contributed by atoms with Crippen LogP contribution in [0.3, 0.4) is 0 Å². The summed E-state index contributed by atoms with van der Waals surface area (Å²) in [6, 6.07) is 20.1. The van der Waals surface area contributed by atoms with E-state index in [0.717, 1.165) is 10.8 Å². The van der Waals surface area contributed by atoms with Crippen molar-refractivity contribution in [2.75, 3.05) is 16.0 Å². The second-order valence-corrected chi connectivity index (χ2v) is 8.07. The molecule has 0 radical (unpaired) electrons. The van der Waals surface area contributed by atoms with Gasteiger partial charge in [-0.05, 0) is 29.7 Å². The maximum atomic E-state index is 13.2. The van der Waals surface area contributed by atoms with E-state index in [9.17, 15) is 14.4 Å². The normalized spacial score (nSPS) is 14.9. The molecule has 0 aliphatic carbocycles. The smallest absolute Gasteiger partial charge is 0.258 e. The van der Waals surface area contributed by atoms with E-state index in [1.807, 2.05) is 36.4 Å². The van der Waals surface area contributed by atoms with Crippen LogP contribution in [0, 0.1) is 0 Å². The largest absolute Gasteiger partial charge is 0.326 e. The van der Waals surface area contributed by atoms with Crippen LogP contribution in [0.25, 0.3) is 10.8 Å². The Morgan fingerprint density at radius 1 is 1.03 bits per heavy atom. The monoisotopic (exact) mass is 459 g/mol. The predicted molar refractivity (Wildman–Crippen MR) is 128 cm³/mol. The molecule has 2 heterocycles. The summed E-state index contributed by atoms with van der Waals surface area (Å²) in [6.07, 6.45) is -0.157. The highest BCUT2D eigenvalue weighted by Crippen LogP contribution is 2.31. The highest BCUT2D eigenvalue weighted by molar-refractivity contribution is 6.30. The molecule has 0 saturated heterocycles. The number of carbonyl (C=O) groups is 2. The number of nitrogens with one attached hydrogen (secondary N) is 4. The summed E-state index contributed by atoms with van der Waals surface area (Å²) < 4.78 is 0. The van der Waals surface area contributed by atoms with E-state index in [0.29, 0.717) is 16.4 Å². The summed E-state index contributed by atoms with van der Waals surface area (Å²) >= 11 is 6.00. The summed E-state index contributed by atoms with van der Waals surface area (Å²) in [5.41, 5.74) is 0.818. The molecule has 9 heteroatoms. The second-order valence-electron chi connectivity index (χ2n) is 7.63. The number of carbonyl (C=O) groups excluding carboxylic acids is 2. The van der Waals surface area contributed by atoms with Crippen molar-refractivity contribution < 1.29 is 9.59 Å². The number of benzene rings is 3. The van der Waals surface area contributed by atoms with Crippen molar-refractivity contribution in [2.45, 2.75) is 12.3 Å². The van der Waals surface area contributed by atoms with Gasteiger partial charge in [0.05, 0.1) is 11.5 Å². The summed E-state index contributed by atoms with van der Waals surface area (Å²) in [5.74, 6) is -1.66. The molecule has 0 bridgehead atoms. The van der Waals surface area contributed by atoms with Gasteiger partial charge in [-0.3, -0.25) is 19.4 Å². The van der Waals surface area contributed by atoms with Gasteiger partial charge >= 0.3 is 0 Å². The molecule has 4 N–H and O–H groups in total. The zero-order valence-corrected chi connectivity index (χ0v) is 17.9. The van der Waals surface area contributed by atoms with Gasteiger partial charge in [-0.1, -0.05) is 54.1 Å². The number of aromatic nitrogens is 2. The minimum atomic E-state index is -0.982. The number of fused-ring (bicyclic) bond motifs is 2. The third-order valence-corrected chi connectivity index (χ3v) is 5.64. The van der Waals surface area contributed by atoms with Gasteiger partial charge in [0.1, 0.15) is 5.82 Å². The van der Waals surface area contributed by atoms with Crippen molar-refractivity contribution in [3.63, 3.8) is 0 Å². The van der Waals surface area contributed by atoms with Crippen LogP contribution in [-0.2, 0) is 9.59 Å². The Bertz CT molecular complexity index is 1460. The van der Waals surface area contributed by atoms with Gasteiger partial charge < -0.3 is 16.0 Å². The van der Waals surface area contributed by atoms with Crippen LogP contribution in [0.5, 0.6) is 0 Å². The van der Waals surface area contributed by atoms with Crippen molar-refractivity contribution in [1.29, 1.82) is 0 Å². The Hall–Kier alpha value is -4.17. The van der Waals surface area contributed by atoms with Crippen molar-refractivity contribution in [1.82, 2.24) is 9.97 Å². The first-order valence-electron chi connectivity index (χ1n) is 10.2. The molecule has 1 aliphatic heterocycles. The average molecular weight is 460 g/mol. The van der Waals surface area contributed by atoms with E-state index in [1.165, 1.54) is 0 Å². The number of H-pyrrole nitrogens is 1. The van der Waals surface area contributed by atoms with E-state index in [2.05, 4.69) is 25.9 Å². The lowest BCUT2D eigenvalue weighted by Crippen LogP contribution is -2.36. The molecule has 0 unspecified atom stereocenters. The molecule has 5 rings (SSSR count). The Labute approximate surface area is 193 Å². The fourth-order valence-corrected chi connectivity index (χ4v) is 4.10. The molecule has 1 aromatic heterocycles. The Morgan fingerprint density at radius 3 is 2.67 bits per heavy atom. The van der Waals surface area contributed by atoms with Crippen LogP contribution < -0.4 is 21.5 Å². The van der Waals surface area contributed by atoms with Crippen LogP contribution in [0.15, 0.2) is 71.5 Å². The maximum absolute atomic E-state index is 13.2. The molecule has 0 fully saturated rings. The molecular formula is C24H18ClN5O3. The maximum Gasteiger partial charge on any atom is 0.258 e. The number of anilines is 4. The van der Waals surface area contributed by atoms with E-state index >= 15 is 0 Å². The van der Waals surface area contributed by atoms with Gasteiger partial charge in [-0.2, -0.15) is 4.98 Å². The van der Waals surface area contributed by atoms with Crippen molar-refractivity contribution >= 4 is 57.3 Å². The first-order valence-corrected chi connectivity index (χ1v) is 10.6. The summed E-state index contributed by atoms with van der Waals surface area (Å²) in [6.45, 7) is 0. The molecule has 164 valence electrons. The van der Waals surface area contributed by atoms with Gasteiger partial charge in [0.2, 0.25) is 17.8 Å². The van der Waals surface area contributed by atoms with E-state index in [4.69, 9.17) is 11.6 Å². The summed E-state index contributed by atoms with van der Waals surface area (Å²) in [5, 5.41) is 10.8. The quantitative estimate of drug-likeness (QED) is 0.361. The van der Waals surface area contributed by atoms with Gasteiger partial charge in [-0.15, -0.1) is 0 Å². The molecule has 0 saturated carbocycles. The Kier molecular flexibility index (Phi) is 5.27. The highest BCUT2D eigenvalue weighted by atomic mass is 35.5. The first-order chi connectivity index (χ1) is 16.0. The van der Waals surface area contributed by atoms with Crippen LogP contribution in [0.2, 0.25) is 5.02 Å². The Morgan fingerprint density at radius 2 is 1.82 bits per heavy atom. The van der Waals surface area contributed by atoms with E-state index in [1.54, 1.807) is 30.3 Å². The Balaban J connectivity index is 1.47. The SMILES string of the molecule is O=C1C[C@@H](C(=O)Nc2cccc3ccccc23)c2c(nc(Nc3cccc(Cl)c3)[nH]c2=O)N1. The summed E-state index contributed by atoms with van der Waals surface area (Å²) in [7, 11) is 0. The van der Waals surface area contributed by atoms with E-state index in [-0.39, 0.29) is 23.8 Å². The number of nitrogens with zero attached hydrogens (tertiary/aromatic N) is 1. The predicted octanol–water partition coefficient (Wildman–Crippen LogP) is 4.38. The van der Waals surface area contributed by atoms with Gasteiger partial charge in [0.25, 0.3) is 5.56 Å². The number of halogens is 1. The number of hydrogen-bond acceptors (Lipinski definition) is 5. The number of amides is 2. The topological polar surface area (TPSA) is 116 Å². The lowest BCUT2D eigenvalue weighted by molar-refractivity contribution is -0.123. The van der Waals surface area contributed by atoms with Gasteiger partial charge in [0.15, 0.2) is 0 Å². The standard InChI is InChI=1S/C24H18ClN5O3/c25-14-7-4-8-15(11-14)26-24-29-21-20(23(33)30-24)17(12-19(31)28-21)22(32)27-18-10-3-6-13-5-1-2-9-16(13)18/h1-11,17H,12H2,(H,27,32)(H3,26,28,29,30,31,33)/t17-/m1/s1. The lowest BCUT2D eigenvalue weighted by Gasteiger charge is -2.24. The first kappa shape index (κ1) is 20.7. The molecule has 0 spiro atoms. The molecular weight excluding hydrogens is 442 g/mol. The second kappa shape index (κ2) is 8.40. The minimum Gasteiger partial charge on any atom is -0.326 e. The van der Waals surface area contributed by atoms with Gasteiger partial charge in [0, 0.05) is 28.2 Å². The summed E-state index contributed by atoms with van der Waals surface area (Å²) in [4.78, 5) is 45.4. The van der Waals surface area contributed by atoms with Gasteiger partial charge in [-0.25, -0.2) is 0 Å². The van der Waals surface area contributed by atoms with Crippen molar-refractivity contribution in [3.05, 3.63) is 87.7 Å². The lowest BCUT2D eigenvalue weighted by atomic mass is 9.92. The number of hydrogen-bond donors (Lipinski definition) is 4.